The Bertz CT molecular complexity index is 912. The van der Waals surface area contributed by atoms with E-state index in [2.05, 4.69) is 4.98 Å². The van der Waals surface area contributed by atoms with Crippen LogP contribution in [0.25, 0.3) is 21.8 Å². The van der Waals surface area contributed by atoms with Gasteiger partial charge in [-0.2, -0.15) is 0 Å². The molecular formula is C17H17N3O3. The number of aromatic nitrogens is 2. The molecule has 2 aromatic heterocycles. The lowest BCUT2D eigenvalue weighted by Crippen LogP contribution is -2.20. The quantitative estimate of drug-likeness (QED) is 0.801. The van der Waals surface area contributed by atoms with E-state index in [-0.39, 0.29) is 11.5 Å². The number of carbonyl (C=O) groups is 2. The van der Waals surface area contributed by atoms with Gasteiger partial charge in [-0.3, -0.25) is 14.3 Å². The normalized spacial score (nSPS) is 11.4. The van der Waals surface area contributed by atoms with Crippen molar-refractivity contribution in [2.24, 2.45) is 0 Å². The Morgan fingerprint density at radius 2 is 1.96 bits per heavy atom. The fraction of sp³-hybridized carbons (Fsp3) is 0.235. The zero-order valence-electron chi connectivity index (χ0n) is 13.0. The fourth-order valence-corrected chi connectivity index (χ4v) is 2.70. The molecule has 3 aromatic rings. The van der Waals surface area contributed by atoms with Gasteiger partial charge in [-0.05, 0) is 38.4 Å². The van der Waals surface area contributed by atoms with E-state index < -0.39 is 5.97 Å². The third-order valence-corrected chi connectivity index (χ3v) is 3.84. The second-order valence-corrected chi connectivity index (χ2v) is 5.71. The number of hydrogen-bond acceptors (Lipinski definition) is 4. The molecule has 23 heavy (non-hydrogen) atoms. The molecule has 0 radical (unpaired) electrons. The van der Waals surface area contributed by atoms with Crippen LogP contribution >= 0.6 is 0 Å². The highest BCUT2D eigenvalue weighted by Crippen LogP contribution is 2.29. The van der Waals surface area contributed by atoms with Crippen molar-refractivity contribution in [3.63, 3.8) is 0 Å². The number of hydrogen-bond donors (Lipinski definition) is 1. The average Bonchev–Trinajstić information content (AvgIpc) is 2.86. The van der Waals surface area contributed by atoms with Crippen molar-refractivity contribution >= 4 is 33.7 Å². The molecular weight excluding hydrogens is 294 g/mol. The number of carboxylic acids is 1. The minimum Gasteiger partial charge on any atom is -0.478 e. The zero-order valence-corrected chi connectivity index (χ0v) is 13.0. The molecule has 0 aliphatic rings. The van der Waals surface area contributed by atoms with E-state index in [0.29, 0.717) is 24.0 Å². The molecule has 0 spiro atoms. The van der Waals surface area contributed by atoms with Crippen LogP contribution in [0.2, 0.25) is 0 Å². The van der Waals surface area contributed by atoms with Crippen molar-refractivity contribution in [3.8, 4) is 0 Å². The van der Waals surface area contributed by atoms with Crippen LogP contribution in [0.4, 0.5) is 0 Å². The Kier molecular flexibility index (Phi) is 3.83. The van der Waals surface area contributed by atoms with Gasteiger partial charge in [0.05, 0.1) is 22.8 Å². The number of pyridine rings is 1. The summed E-state index contributed by atoms with van der Waals surface area (Å²) in [5, 5.41) is 10.8. The monoisotopic (exact) mass is 311 g/mol. The van der Waals surface area contributed by atoms with Crippen LogP contribution in [-0.2, 0) is 0 Å². The molecule has 0 unspecified atom stereocenters. The van der Waals surface area contributed by atoms with E-state index in [0.717, 1.165) is 10.8 Å². The van der Waals surface area contributed by atoms with Crippen molar-refractivity contribution in [1.82, 2.24) is 14.5 Å². The van der Waals surface area contributed by atoms with Crippen LogP contribution in [0.3, 0.4) is 0 Å². The van der Waals surface area contributed by atoms with E-state index in [1.165, 1.54) is 6.07 Å². The van der Waals surface area contributed by atoms with Gasteiger partial charge in [-0.1, -0.05) is 0 Å². The average molecular weight is 311 g/mol. The zero-order chi connectivity index (χ0) is 16.6. The van der Waals surface area contributed by atoms with E-state index >= 15 is 0 Å². The lowest BCUT2D eigenvalue weighted by atomic mass is 10.1. The van der Waals surface area contributed by atoms with Crippen molar-refractivity contribution in [3.05, 3.63) is 42.2 Å². The highest BCUT2D eigenvalue weighted by Gasteiger charge is 2.17. The summed E-state index contributed by atoms with van der Waals surface area (Å²) in [5.41, 5.74) is 1.62. The van der Waals surface area contributed by atoms with E-state index in [1.807, 2.05) is 19.0 Å². The Balaban J connectivity index is 2.22. The Labute approximate surface area is 133 Å². The number of carboxylic acid groups (broad SMARTS) is 1. The van der Waals surface area contributed by atoms with E-state index in [4.69, 9.17) is 0 Å². The molecule has 2 heterocycles. The van der Waals surface area contributed by atoms with Gasteiger partial charge < -0.3 is 10.0 Å². The SMILES string of the molecule is CN(C)CCC(=O)n1c2ccc(C(=O)O)cc2c2ccncc21. The number of benzene rings is 1. The molecule has 0 saturated heterocycles. The molecule has 6 heteroatoms. The van der Waals surface area contributed by atoms with Gasteiger partial charge in [0.2, 0.25) is 5.91 Å². The largest absolute Gasteiger partial charge is 0.478 e. The molecule has 0 bridgehead atoms. The number of aromatic carboxylic acids is 1. The van der Waals surface area contributed by atoms with Gasteiger partial charge in [-0.15, -0.1) is 0 Å². The lowest BCUT2D eigenvalue weighted by Gasteiger charge is -2.10. The van der Waals surface area contributed by atoms with Crippen LogP contribution in [0.1, 0.15) is 21.6 Å². The molecule has 6 nitrogen and oxygen atoms in total. The second kappa shape index (κ2) is 5.81. The molecule has 1 aromatic carbocycles. The molecule has 3 rings (SSSR count). The van der Waals surface area contributed by atoms with Crippen LogP contribution in [0, 0.1) is 0 Å². The molecule has 0 atom stereocenters. The first-order valence-electron chi connectivity index (χ1n) is 7.28. The number of fused-ring (bicyclic) bond motifs is 3. The summed E-state index contributed by atoms with van der Waals surface area (Å²) < 4.78 is 1.63. The summed E-state index contributed by atoms with van der Waals surface area (Å²) in [5.74, 6) is -1.02. The highest BCUT2D eigenvalue weighted by molar-refractivity contribution is 6.14. The van der Waals surface area contributed by atoms with Crippen molar-refractivity contribution in [2.45, 2.75) is 6.42 Å². The van der Waals surface area contributed by atoms with Gasteiger partial charge in [0.1, 0.15) is 0 Å². The number of nitrogens with zero attached hydrogens (tertiary/aromatic N) is 3. The van der Waals surface area contributed by atoms with Gasteiger partial charge in [0.15, 0.2) is 0 Å². The van der Waals surface area contributed by atoms with Crippen molar-refractivity contribution in [2.75, 3.05) is 20.6 Å². The first kappa shape index (κ1) is 15.2. The molecule has 0 amide bonds. The molecule has 0 aliphatic heterocycles. The van der Waals surface area contributed by atoms with Crippen molar-refractivity contribution in [1.29, 1.82) is 0 Å². The van der Waals surface area contributed by atoms with Gasteiger partial charge in [-0.25, -0.2) is 4.79 Å². The third-order valence-electron chi connectivity index (χ3n) is 3.84. The van der Waals surface area contributed by atoms with Gasteiger partial charge in [0, 0.05) is 29.9 Å². The summed E-state index contributed by atoms with van der Waals surface area (Å²) in [7, 11) is 3.83. The maximum atomic E-state index is 12.6. The first-order valence-corrected chi connectivity index (χ1v) is 7.28. The van der Waals surface area contributed by atoms with Crippen LogP contribution in [0.5, 0.6) is 0 Å². The highest BCUT2D eigenvalue weighted by atomic mass is 16.4. The summed E-state index contributed by atoms with van der Waals surface area (Å²) in [6.45, 7) is 0.646. The molecule has 0 saturated carbocycles. The van der Waals surface area contributed by atoms with Gasteiger partial charge in [0.25, 0.3) is 0 Å². The summed E-state index contributed by atoms with van der Waals surface area (Å²) >= 11 is 0. The number of rotatable bonds is 4. The maximum absolute atomic E-state index is 12.6. The third kappa shape index (κ3) is 2.68. The Morgan fingerprint density at radius 1 is 1.17 bits per heavy atom. The standard InChI is InChI=1S/C17H17N3O3/c1-19(2)8-6-16(21)20-14-4-3-11(17(22)23)9-13(14)12-5-7-18-10-15(12)20/h3-5,7,9-10H,6,8H2,1-2H3,(H,22,23). The summed E-state index contributed by atoms with van der Waals surface area (Å²) in [4.78, 5) is 29.9. The predicted octanol–water partition coefficient (Wildman–Crippen LogP) is 2.48. The van der Waals surface area contributed by atoms with Crippen LogP contribution in [-0.4, -0.2) is 52.1 Å². The Morgan fingerprint density at radius 3 is 2.65 bits per heavy atom. The molecule has 0 aliphatic carbocycles. The smallest absolute Gasteiger partial charge is 0.335 e. The molecule has 1 N–H and O–H groups in total. The minimum absolute atomic E-state index is 0.0326. The predicted molar refractivity (Wildman–Crippen MR) is 88.0 cm³/mol. The second-order valence-electron chi connectivity index (χ2n) is 5.71. The van der Waals surface area contributed by atoms with Gasteiger partial charge >= 0.3 is 5.97 Å². The number of carbonyl (C=O) groups excluding carboxylic acids is 1. The summed E-state index contributed by atoms with van der Waals surface area (Å²) in [6, 6.07) is 6.62. The van der Waals surface area contributed by atoms with E-state index in [1.54, 1.807) is 35.2 Å². The summed E-state index contributed by atoms with van der Waals surface area (Å²) in [6.07, 6.45) is 3.66. The topological polar surface area (TPSA) is 75.4 Å². The fourth-order valence-electron chi connectivity index (χ4n) is 2.70. The molecule has 0 fully saturated rings. The van der Waals surface area contributed by atoms with E-state index in [9.17, 15) is 14.7 Å². The van der Waals surface area contributed by atoms with Crippen LogP contribution < -0.4 is 0 Å². The molecule has 118 valence electrons. The first-order chi connectivity index (χ1) is 11.0. The van der Waals surface area contributed by atoms with Crippen LogP contribution in [0.15, 0.2) is 36.7 Å². The lowest BCUT2D eigenvalue weighted by molar-refractivity contribution is 0.0696. The Hall–Kier alpha value is -2.73. The maximum Gasteiger partial charge on any atom is 0.335 e. The minimum atomic E-state index is -0.985. The van der Waals surface area contributed by atoms with Crippen molar-refractivity contribution < 1.29 is 14.7 Å².